The molecule has 0 saturated heterocycles. The molecule has 0 amide bonds. The van der Waals surface area contributed by atoms with Gasteiger partial charge in [0.2, 0.25) is 0 Å². The summed E-state index contributed by atoms with van der Waals surface area (Å²) in [5.41, 5.74) is 1.72. The lowest BCUT2D eigenvalue weighted by Gasteiger charge is -2.17. The summed E-state index contributed by atoms with van der Waals surface area (Å²) < 4.78 is 39.6. The molecule has 0 atom stereocenters. The smallest absolute Gasteiger partial charge is 0.383 e. The molecule has 2 aromatic carbocycles. The van der Waals surface area contributed by atoms with Gasteiger partial charge < -0.3 is 9.80 Å². The maximum absolute atomic E-state index is 13.5. The number of Topliss-reactive ketones (excluding diaryl/α,β-unsaturated/α-hetero) is 1. The molecule has 0 fully saturated rings. The lowest BCUT2D eigenvalue weighted by atomic mass is 9.92. The quantitative estimate of drug-likeness (QED) is 0.629. The SMILES string of the molecule is Cc1cccc(C(=CN(C)C)C(=O)C(=CN(C)C)c2cccc(C(F)(F)F)c2)c1. The van der Waals surface area contributed by atoms with Gasteiger partial charge in [-0.15, -0.1) is 0 Å². The lowest BCUT2D eigenvalue weighted by molar-refractivity contribution is -0.137. The molecule has 0 aliphatic heterocycles. The van der Waals surface area contributed by atoms with Crippen LogP contribution in [0.25, 0.3) is 11.1 Å². The Morgan fingerprint density at radius 2 is 1.31 bits per heavy atom. The van der Waals surface area contributed by atoms with Crippen LogP contribution in [0.4, 0.5) is 13.2 Å². The standard InChI is InChI=1S/C23H25F3N2O/c1-16-8-6-9-17(12-16)20(14-27(2)3)22(29)21(15-28(4)5)18-10-7-11-19(13-18)23(24,25)26/h6-15H,1-5H3. The highest BCUT2D eigenvalue weighted by Crippen LogP contribution is 2.33. The van der Waals surface area contributed by atoms with E-state index in [0.717, 1.165) is 17.7 Å². The van der Waals surface area contributed by atoms with Crippen molar-refractivity contribution in [3.63, 3.8) is 0 Å². The van der Waals surface area contributed by atoms with Crippen LogP contribution in [0.5, 0.6) is 0 Å². The molecule has 0 aliphatic carbocycles. The number of rotatable bonds is 6. The fraction of sp³-hybridized carbons (Fsp3) is 0.261. The maximum Gasteiger partial charge on any atom is 0.416 e. The van der Waals surface area contributed by atoms with E-state index in [1.54, 1.807) is 50.4 Å². The second-order valence-electron chi connectivity index (χ2n) is 7.29. The molecule has 3 nitrogen and oxygen atoms in total. The highest BCUT2D eigenvalue weighted by molar-refractivity contribution is 6.42. The predicted octanol–water partition coefficient (Wildman–Crippen LogP) is 5.09. The van der Waals surface area contributed by atoms with Gasteiger partial charge in [0.1, 0.15) is 0 Å². The van der Waals surface area contributed by atoms with Crippen molar-refractivity contribution in [3.05, 3.63) is 83.2 Å². The van der Waals surface area contributed by atoms with Crippen molar-refractivity contribution in [3.8, 4) is 0 Å². The molecule has 0 aliphatic rings. The molecule has 0 bridgehead atoms. The van der Waals surface area contributed by atoms with Crippen LogP contribution < -0.4 is 0 Å². The Balaban J connectivity index is 2.64. The first kappa shape index (κ1) is 22.3. The van der Waals surface area contributed by atoms with E-state index >= 15 is 0 Å². The number of nitrogens with zero attached hydrogens (tertiary/aromatic N) is 2. The van der Waals surface area contributed by atoms with Crippen LogP contribution in [0.2, 0.25) is 0 Å². The van der Waals surface area contributed by atoms with Gasteiger partial charge in [0.15, 0.2) is 5.78 Å². The van der Waals surface area contributed by atoms with Crippen LogP contribution in [0.15, 0.2) is 60.9 Å². The van der Waals surface area contributed by atoms with Crippen molar-refractivity contribution in [2.45, 2.75) is 13.1 Å². The van der Waals surface area contributed by atoms with Crippen molar-refractivity contribution >= 4 is 16.9 Å². The van der Waals surface area contributed by atoms with Gasteiger partial charge in [-0.3, -0.25) is 4.79 Å². The number of ketones is 1. The zero-order valence-corrected chi connectivity index (χ0v) is 17.2. The van der Waals surface area contributed by atoms with Gasteiger partial charge in [0, 0.05) is 51.7 Å². The Morgan fingerprint density at radius 3 is 1.76 bits per heavy atom. The molecule has 29 heavy (non-hydrogen) atoms. The van der Waals surface area contributed by atoms with Crippen molar-refractivity contribution in [2.75, 3.05) is 28.2 Å². The number of halogens is 3. The number of carbonyl (C=O) groups is 1. The fourth-order valence-electron chi connectivity index (χ4n) is 2.87. The van der Waals surface area contributed by atoms with Crippen molar-refractivity contribution < 1.29 is 18.0 Å². The Hall–Kier alpha value is -3.02. The number of hydrogen-bond acceptors (Lipinski definition) is 3. The normalized spacial score (nSPS) is 12.7. The first-order valence-electron chi connectivity index (χ1n) is 9.05. The molecule has 0 saturated carbocycles. The van der Waals surface area contributed by atoms with Gasteiger partial charge in [-0.1, -0.05) is 42.0 Å². The minimum absolute atomic E-state index is 0.190. The molecule has 154 valence electrons. The molecule has 0 unspecified atom stereocenters. The highest BCUT2D eigenvalue weighted by Gasteiger charge is 2.31. The van der Waals surface area contributed by atoms with Crippen LogP contribution >= 0.6 is 0 Å². The molecule has 6 heteroatoms. The van der Waals surface area contributed by atoms with Crippen LogP contribution in [0.1, 0.15) is 22.3 Å². The second-order valence-corrected chi connectivity index (χ2v) is 7.29. The largest absolute Gasteiger partial charge is 0.416 e. The molecule has 0 spiro atoms. The van der Waals surface area contributed by atoms with E-state index in [0.29, 0.717) is 11.1 Å². The van der Waals surface area contributed by atoms with E-state index in [9.17, 15) is 18.0 Å². The first-order valence-corrected chi connectivity index (χ1v) is 9.05. The third-order valence-electron chi connectivity index (χ3n) is 4.09. The molecular weight excluding hydrogens is 377 g/mol. The highest BCUT2D eigenvalue weighted by atomic mass is 19.4. The predicted molar refractivity (Wildman–Crippen MR) is 111 cm³/mol. The number of allylic oxidation sites excluding steroid dienone is 2. The summed E-state index contributed by atoms with van der Waals surface area (Å²) in [5.74, 6) is -0.350. The fourth-order valence-corrected chi connectivity index (χ4v) is 2.87. The average Bonchev–Trinajstić information content (AvgIpc) is 2.63. The minimum Gasteiger partial charge on any atom is -0.383 e. The molecule has 0 radical (unpaired) electrons. The average molecular weight is 402 g/mol. The molecule has 0 heterocycles. The Morgan fingerprint density at radius 1 is 0.828 bits per heavy atom. The minimum atomic E-state index is -4.48. The Kier molecular flexibility index (Phi) is 6.90. The van der Waals surface area contributed by atoms with E-state index in [-0.39, 0.29) is 16.9 Å². The molecule has 0 N–H and O–H groups in total. The van der Waals surface area contributed by atoms with Gasteiger partial charge in [-0.2, -0.15) is 13.2 Å². The Labute approximate surface area is 169 Å². The van der Waals surface area contributed by atoms with E-state index in [1.165, 1.54) is 12.1 Å². The number of carbonyl (C=O) groups excluding carboxylic acids is 1. The Bertz CT molecular complexity index is 941. The second kappa shape index (κ2) is 8.99. The number of alkyl halides is 3. The number of benzene rings is 2. The van der Waals surface area contributed by atoms with E-state index in [1.807, 2.05) is 31.2 Å². The van der Waals surface area contributed by atoms with Crippen LogP contribution in [-0.2, 0) is 11.0 Å². The molecule has 2 rings (SSSR count). The van der Waals surface area contributed by atoms with Gasteiger partial charge in [0.25, 0.3) is 0 Å². The summed E-state index contributed by atoms with van der Waals surface area (Å²) in [7, 11) is 7.04. The van der Waals surface area contributed by atoms with Gasteiger partial charge in [-0.05, 0) is 30.2 Å². The first-order chi connectivity index (χ1) is 13.5. The molecule has 0 aromatic heterocycles. The van der Waals surface area contributed by atoms with Crippen LogP contribution in [-0.4, -0.2) is 43.8 Å². The summed E-state index contributed by atoms with van der Waals surface area (Å²) >= 11 is 0. The monoisotopic (exact) mass is 402 g/mol. The zero-order chi connectivity index (χ0) is 21.8. The van der Waals surface area contributed by atoms with Gasteiger partial charge in [0.05, 0.1) is 5.56 Å². The summed E-state index contributed by atoms with van der Waals surface area (Å²) in [4.78, 5) is 16.9. The molecule has 2 aromatic rings. The van der Waals surface area contributed by atoms with Crippen molar-refractivity contribution in [2.24, 2.45) is 0 Å². The lowest BCUT2D eigenvalue weighted by Crippen LogP contribution is -2.14. The topological polar surface area (TPSA) is 23.6 Å². The summed E-state index contributed by atoms with van der Waals surface area (Å²) in [6.07, 6.45) is -1.24. The van der Waals surface area contributed by atoms with E-state index < -0.39 is 11.7 Å². The summed E-state index contributed by atoms with van der Waals surface area (Å²) in [6.45, 7) is 1.92. The van der Waals surface area contributed by atoms with Gasteiger partial charge >= 0.3 is 6.18 Å². The van der Waals surface area contributed by atoms with Crippen molar-refractivity contribution in [1.29, 1.82) is 0 Å². The van der Waals surface area contributed by atoms with E-state index in [4.69, 9.17) is 0 Å². The number of hydrogen-bond donors (Lipinski definition) is 0. The zero-order valence-electron chi connectivity index (χ0n) is 17.2. The summed E-state index contributed by atoms with van der Waals surface area (Å²) in [6, 6.07) is 12.3. The van der Waals surface area contributed by atoms with Gasteiger partial charge in [-0.25, -0.2) is 0 Å². The number of aryl methyl sites for hydroxylation is 1. The third kappa shape index (κ3) is 5.98. The third-order valence-corrected chi connectivity index (χ3v) is 4.09. The van der Waals surface area contributed by atoms with Crippen molar-refractivity contribution in [1.82, 2.24) is 9.80 Å². The molecular formula is C23H25F3N2O. The van der Waals surface area contributed by atoms with E-state index in [2.05, 4.69) is 0 Å². The van der Waals surface area contributed by atoms with Crippen LogP contribution in [0, 0.1) is 6.92 Å². The maximum atomic E-state index is 13.5. The summed E-state index contributed by atoms with van der Waals surface area (Å²) in [5, 5.41) is 0. The van der Waals surface area contributed by atoms with Crippen LogP contribution in [0.3, 0.4) is 0 Å².